The molecule has 14 heteroatoms. The molecule has 290 valence electrons. The quantitative estimate of drug-likeness (QED) is 0.0405. The molecule has 0 fully saturated rings. The van der Waals surface area contributed by atoms with E-state index in [1.807, 2.05) is 61.5 Å². The highest BCUT2D eigenvalue weighted by atomic mass is 35.5. The van der Waals surface area contributed by atoms with Crippen LogP contribution in [0.1, 0.15) is 22.3 Å². The number of anilines is 2. The number of halogens is 1. The molecule has 0 bridgehead atoms. The van der Waals surface area contributed by atoms with E-state index in [1.165, 1.54) is 18.2 Å². The summed E-state index contributed by atoms with van der Waals surface area (Å²) in [4.78, 5) is 15.2. The van der Waals surface area contributed by atoms with Gasteiger partial charge in [-0.3, -0.25) is 4.79 Å². The Balaban J connectivity index is 1.29. The first-order valence-corrected chi connectivity index (χ1v) is 19.6. The molecule has 1 unspecified atom stereocenters. The highest BCUT2D eigenvalue weighted by molar-refractivity contribution is 7.90. The predicted molar refractivity (Wildman–Crippen MR) is 220 cm³/mol. The minimum atomic E-state index is -4.50. The van der Waals surface area contributed by atoms with Crippen LogP contribution in [0, 0.1) is 5.21 Å². The molecule has 0 aliphatic rings. The van der Waals surface area contributed by atoms with Crippen LogP contribution in [0.4, 0.5) is 17.1 Å². The van der Waals surface area contributed by atoms with E-state index in [1.54, 1.807) is 48.3 Å². The number of carbonyl (C=O) groups is 1. The van der Waals surface area contributed by atoms with Crippen LogP contribution in [-0.4, -0.2) is 78.8 Å². The molecule has 0 aliphatic heterocycles. The minimum Gasteiger partial charge on any atom is -0.593 e. The molecule has 0 heterocycles. The van der Waals surface area contributed by atoms with E-state index in [2.05, 4.69) is 27.5 Å². The van der Waals surface area contributed by atoms with Gasteiger partial charge in [-0.2, -0.15) is 4.81 Å². The zero-order chi connectivity index (χ0) is 39.6. The van der Waals surface area contributed by atoms with E-state index in [0.717, 1.165) is 42.8 Å². The molecule has 0 saturated heterocycles. The molecule has 4 N–H and O–H groups in total. The average molecular weight is 787 g/mol. The monoisotopic (exact) mass is 786 g/mol. The van der Waals surface area contributed by atoms with Crippen molar-refractivity contribution in [2.75, 3.05) is 64.6 Å². The molecule has 0 aromatic heterocycles. The van der Waals surface area contributed by atoms with Gasteiger partial charge in [-0.05, 0) is 92.3 Å². The van der Waals surface area contributed by atoms with Crippen molar-refractivity contribution in [1.82, 2.24) is 19.7 Å². The molecule has 1 atom stereocenters. The Morgan fingerprint density at radius 1 is 0.873 bits per heavy atom. The second kappa shape index (κ2) is 18.6. The number of carbonyl (C=O) groups excluding carboxylic acids is 1. The first kappa shape index (κ1) is 41.2. The standard InChI is InChI=1S/C41H47ClN6O6S/c1-46(2)25-10-26-47(3)38-22-20-35(28-39(38)48(4,50)51)55(52,53)45-41(49)37-21-19-33(27-40(37)54-34-12-6-5-7-13-34)44-24-23-43-29-31-11-8-9-14-36(31)30-15-17-32(42)18-16-30/h5-9,11-22,27-28,43-44,50H,10,23-26,29H2,1-4H3,(H,45,49). The first-order chi connectivity index (χ1) is 26.2. The Morgan fingerprint density at radius 3 is 2.29 bits per heavy atom. The van der Waals surface area contributed by atoms with Crippen molar-refractivity contribution in [3.63, 3.8) is 0 Å². The van der Waals surface area contributed by atoms with Gasteiger partial charge in [0.1, 0.15) is 24.2 Å². The molecule has 55 heavy (non-hydrogen) atoms. The topological polar surface area (TPSA) is 146 Å². The highest BCUT2D eigenvalue weighted by Gasteiger charge is 2.27. The van der Waals surface area contributed by atoms with Gasteiger partial charge >= 0.3 is 0 Å². The lowest BCUT2D eigenvalue weighted by Crippen LogP contribution is -2.36. The highest BCUT2D eigenvalue weighted by Crippen LogP contribution is 2.34. The van der Waals surface area contributed by atoms with Crippen molar-refractivity contribution in [3.05, 3.63) is 137 Å². The van der Waals surface area contributed by atoms with Gasteiger partial charge in [-0.1, -0.05) is 66.2 Å². The number of amides is 1. The third-order valence-corrected chi connectivity index (χ3v) is 10.3. The van der Waals surface area contributed by atoms with E-state index < -0.39 is 20.7 Å². The maximum atomic E-state index is 13.6. The third kappa shape index (κ3) is 11.5. The molecule has 0 radical (unpaired) electrons. The van der Waals surface area contributed by atoms with Crippen LogP contribution in [0.15, 0.2) is 120 Å². The number of sulfonamides is 1. The number of benzene rings is 5. The number of para-hydroxylation sites is 1. The zero-order valence-corrected chi connectivity index (χ0v) is 32.9. The van der Waals surface area contributed by atoms with E-state index in [4.69, 9.17) is 16.3 Å². The summed E-state index contributed by atoms with van der Waals surface area (Å²) < 4.78 is 35.3. The maximum absolute atomic E-state index is 13.6. The maximum Gasteiger partial charge on any atom is 0.268 e. The summed E-state index contributed by atoms with van der Waals surface area (Å²) >= 11 is 6.09. The summed E-state index contributed by atoms with van der Waals surface area (Å²) in [6.07, 6.45) is 0.770. The lowest BCUT2D eigenvalue weighted by Gasteiger charge is -2.33. The Hall–Kier alpha value is -4.99. The Bertz CT molecular complexity index is 2160. The number of hydrogen-bond acceptors (Lipinski definition) is 10. The van der Waals surface area contributed by atoms with Gasteiger partial charge < -0.3 is 30.4 Å². The van der Waals surface area contributed by atoms with Crippen molar-refractivity contribution < 1.29 is 23.2 Å². The van der Waals surface area contributed by atoms with Crippen molar-refractivity contribution >= 4 is 44.6 Å². The van der Waals surface area contributed by atoms with Crippen molar-refractivity contribution in [2.45, 2.75) is 17.9 Å². The molecule has 0 spiro atoms. The SMILES string of the molecule is CN(C)CCCN(C)c1ccc(S(=O)(=O)NC(=O)c2ccc(NCCNCc3ccccc3-c3ccc(Cl)cc3)cc2Oc2ccccc2)cc1[N+](C)([O-])O. The largest absolute Gasteiger partial charge is 0.593 e. The number of rotatable bonds is 18. The molecule has 5 rings (SSSR count). The number of quaternary nitrogens is 1. The Kier molecular flexibility index (Phi) is 13.9. The van der Waals surface area contributed by atoms with E-state index in [-0.39, 0.29) is 21.9 Å². The van der Waals surface area contributed by atoms with Crippen molar-refractivity contribution in [1.29, 1.82) is 0 Å². The number of hydroxylamine groups is 2. The van der Waals surface area contributed by atoms with Crippen LogP contribution < -0.4 is 29.8 Å². The molecule has 12 nitrogen and oxygen atoms in total. The van der Waals surface area contributed by atoms with Crippen LogP contribution in [0.3, 0.4) is 0 Å². The van der Waals surface area contributed by atoms with Gasteiger partial charge in [-0.25, -0.2) is 18.3 Å². The summed E-state index contributed by atoms with van der Waals surface area (Å²) in [5.41, 5.74) is 4.13. The zero-order valence-electron chi connectivity index (χ0n) is 31.3. The molecule has 0 saturated carbocycles. The average Bonchev–Trinajstić information content (AvgIpc) is 3.15. The summed E-state index contributed by atoms with van der Waals surface area (Å²) in [5.74, 6) is -0.362. The fourth-order valence-electron chi connectivity index (χ4n) is 5.93. The van der Waals surface area contributed by atoms with Crippen molar-refractivity contribution in [3.8, 4) is 22.6 Å². The summed E-state index contributed by atoms with van der Waals surface area (Å²) in [7, 11) is 2.15. The summed E-state index contributed by atoms with van der Waals surface area (Å²) in [6.45, 7) is 3.15. The van der Waals surface area contributed by atoms with Gasteiger partial charge in [0.05, 0.1) is 10.5 Å². The molecular formula is C41H47ClN6O6S. The number of nitrogens with zero attached hydrogens (tertiary/aromatic N) is 3. The molecule has 5 aromatic carbocycles. The lowest BCUT2D eigenvalue weighted by molar-refractivity contribution is -0.00417. The van der Waals surface area contributed by atoms with Crippen LogP contribution in [0.25, 0.3) is 11.1 Å². The fourth-order valence-corrected chi connectivity index (χ4v) is 7.04. The van der Waals surface area contributed by atoms with Crippen LogP contribution in [0.2, 0.25) is 5.02 Å². The third-order valence-electron chi connectivity index (χ3n) is 8.76. The minimum absolute atomic E-state index is 0.0287. The fraction of sp³-hybridized carbons (Fsp3) is 0.244. The Labute approximate surface area is 328 Å². The summed E-state index contributed by atoms with van der Waals surface area (Å²) in [5, 5.41) is 30.7. The molecule has 5 aromatic rings. The van der Waals surface area contributed by atoms with Gasteiger partial charge in [0.2, 0.25) is 0 Å². The number of hydrogen-bond donors (Lipinski definition) is 4. The van der Waals surface area contributed by atoms with Gasteiger partial charge in [-0.15, -0.1) is 0 Å². The van der Waals surface area contributed by atoms with Gasteiger partial charge in [0.25, 0.3) is 15.9 Å². The second-order valence-corrected chi connectivity index (χ2v) is 15.6. The van der Waals surface area contributed by atoms with Crippen LogP contribution in [0.5, 0.6) is 11.5 Å². The Morgan fingerprint density at radius 2 is 1.58 bits per heavy atom. The van der Waals surface area contributed by atoms with E-state index >= 15 is 0 Å². The number of ether oxygens (including phenoxy) is 1. The smallest absolute Gasteiger partial charge is 0.268 e. The lowest BCUT2D eigenvalue weighted by atomic mass is 10.00. The van der Waals surface area contributed by atoms with Crippen molar-refractivity contribution in [2.24, 2.45) is 0 Å². The first-order valence-electron chi connectivity index (χ1n) is 17.7. The predicted octanol–water partition coefficient (Wildman–Crippen LogP) is 7.33. The summed E-state index contributed by atoms with van der Waals surface area (Å²) in [6, 6.07) is 33.3. The number of nitrogens with one attached hydrogen (secondary N) is 3. The molecule has 0 aliphatic carbocycles. The van der Waals surface area contributed by atoms with E-state index in [9.17, 15) is 23.6 Å². The molecule has 1 amide bonds. The molecular weight excluding hydrogens is 740 g/mol. The normalized spacial score (nSPS) is 12.6. The van der Waals surface area contributed by atoms with E-state index in [0.29, 0.717) is 48.3 Å². The van der Waals surface area contributed by atoms with Crippen LogP contribution in [-0.2, 0) is 16.6 Å². The van der Waals surface area contributed by atoms with Crippen LogP contribution >= 0.6 is 11.6 Å². The van der Waals surface area contributed by atoms with Gasteiger partial charge in [0.15, 0.2) is 5.69 Å². The second-order valence-electron chi connectivity index (χ2n) is 13.4. The van der Waals surface area contributed by atoms with Gasteiger partial charge in [0, 0.05) is 56.1 Å².